The Bertz CT molecular complexity index is 254. The van der Waals surface area contributed by atoms with Gasteiger partial charge in [0.15, 0.2) is 0 Å². The maximum Gasteiger partial charge on any atom is 0.707 e. The first-order valence-electron chi connectivity index (χ1n) is 3.40. The molecule has 0 atom stereocenters. The molecule has 0 aliphatic rings. The average Bonchev–Trinajstić information content (AvgIpc) is 2.04. The molecule has 1 aromatic rings. The van der Waals surface area contributed by atoms with Gasteiger partial charge in [0.05, 0.1) is 0 Å². The number of hydrogen-bond donors (Lipinski definition) is 2. The largest absolute Gasteiger partial charge is 0.707 e. The van der Waals surface area contributed by atoms with Crippen molar-refractivity contribution in [1.29, 1.82) is 0 Å². The minimum absolute atomic E-state index is 0.148. The summed E-state index contributed by atoms with van der Waals surface area (Å²) in [5, 5.41) is 16.9. The molecule has 0 radical (unpaired) electrons. The molecule has 0 unspecified atom stereocenters. The molecule has 0 aromatic heterocycles. The molecule has 0 heterocycles. The zero-order chi connectivity index (χ0) is 8.97. The number of hydrogen-bond acceptors (Lipinski definition) is 3. The van der Waals surface area contributed by atoms with Crippen molar-refractivity contribution in [1.82, 2.24) is 0 Å². The van der Waals surface area contributed by atoms with E-state index in [9.17, 15) is 4.39 Å². The van der Waals surface area contributed by atoms with Crippen LogP contribution in [0, 0.1) is 0 Å². The predicted molar refractivity (Wildman–Crippen MR) is 42.1 cm³/mol. The third-order valence-electron chi connectivity index (χ3n) is 1.35. The fraction of sp³-hybridized carbons (Fsp3) is 0.143. The second-order valence-electron chi connectivity index (χ2n) is 2.19. The Morgan fingerprint density at radius 1 is 1.33 bits per heavy atom. The zero-order valence-corrected chi connectivity index (χ0v) is 6.27. The van der Waals surface area contributed by atoms with Crippen molar-refractivity contribution in [3.63, 3.8) is 0 Å². The van der Waals surface area contributed by atoms with Crippen molar-refractivity contribution >= 4 is 7.32 Å². The standard InChI is InChI=1S/C7H8BFO3/c9-5-6-3-1-2-4-7(6)12-8(10)11/h1-4,10-11H,5H2. The van der Waals surface area contributed by atoms with Gasteiger partial charge in [0.1, 0.15) is 12.4 Å². The van der Waals surface area contributed by atoms with Gasteiger partial charge in [0, 0.05) is 5.56 Å². The molecule has 0 amide bonds. The van der Waals surface area contributed by atoms with E-state index in [2.05, 4.69) is 4.65 Å². The van der Waals surface area contributed by atoms with Gasteiger partial charge in [-0.25, -0.2) is 4.39 Å². The first-order valence-corrected chi connectivity index (χ1v) is 3.40. The smallest absolute Gasteiger partial charge is 0.512 e. The first kappa shape index (κ1) is 9.03. The fourth-order valence-electron chi connectivity index (χ4n) is 0.843. The molecule has 1 rings (SSSR count). The van der Waals surface area contributed by atoms with Crippen molar-refractivity contribution < 1.29 is 19.1 Å². The van der Waals surface area contributed by atoms with Gasteiger partial charge in [-0.05, 0) is 6.07 Å². The molecule has 0 saturated carbocycles. The Morgan fingerprint density at radius 2 is 2.00 bits per heavy atom. The summed E-state index contributed by atoms with van der Waals surface area (Å²) < 4.78 is 16.7. The van der Waals surface area contributed by atoms with Gasteiger partial charge < -0.3 is 14.7 Å². The van der Waals surface area contributed by atoms with Crippen LogP contribution in [0.25, 0.3) is 0 Å². The normalized spacial score (nSPS) is 9.58. The molecule has 0 aliphatic heterocycles. The van der Waals surface area contributed by atoms with Crippen LogP contribution in [0.5, 0.6) is 5.75 Å². The van der Waals surface area contributed by atoms with Crippen LogP contribution in [0.15, 0.2) is 24.3 Å². The van der Waals surface area contributed by atoms with Gasteiger partial charge in [0.2, 0.25) is 0 Å². The Labute approximate surface area is 69.6 Å². The Morgan fingerprint density at radius 3 is 2.58 bits per heavy atom. The summed E-state index contributed by atoms with van der Waals surface area (Å²) in [6.07, 6.45) is 0. The molecule has 64 valence electrons. The van der Waals surface area contributed by atoms with E-state index < -0.39 is 14.0 Å². The van der Waals surface area contributed by atoms with Crippen LogP contribution in [0.4, 0.5) is 4.39 Å². The number of benzene rings is 1. The van der Waals surface area contributed by atoms with Crippen molar-refractivity contribution in [3.05, 3.63) is 29.8 Å². The topological polar surface area (TPSA) is 49.7 Å². The molecule has 0 aliphatic carbocycles. The molecule has 3 nitrogen and oxygen atoms in total. The van der Waals surface area contributed by atoms with E-state index in [1.165, 1.54) is 12.1 Å². The fourth-order valence-corrected chi connectivity index (χ4v) is 0.843. The highest BCUT2D eigenvalue weighted by Gasteiger charge is 2.13. The second kappa shape index (κ2) is 4.08. The highest BCUT2D eigenvalue weighted by molar-refractivity contribution is 6.33. The number of halogens is 1. The third-order valence-corrected chi connectivity index (χ3v) is 1.35. The van der Waals surface area contributed by atoms with E-state index >= 15 is 0 Å². The summed E-state index contributed by atoms with van der Waals surface area (Å²) in [6, 6.07) is 6.24. The highest BCUT2D eigenvalue weighted by atomic mass is 19.1. The van der Waals surface area contributed by atoms with E-state index in [0.29, 0.717) is 5.56 Å². The van der Waals surface area contributed by atoms with Crippen molar-refractivity contribution in [2.75, 3.05) is 0 Å². The van der Waals surface area contributed by atoms with E-state index in [4.69, 9.17) is 10.0 Å². The number of rotatable bonds is 3. The summed E-state index contributed by atoms with van der Waals surface area (Å²) in [6.45, 7) is -0.692. The van der Waals surface area contributed by atoms with E-state index in [0.717, 1.165) is 0 Å². The molecular formula is C7H8BFO3. The van der Waals surface area contributed by atoms with Gasteiger partial charge in [-0.2, -0.15) is 0 Å². The summed E-state index contributed by atoms with van der Waals surface area (Å²) in [7, 11) is -1.90. The van der Waals surface area contributed by atoms with E-state index in [1.54, 1.807) is 12.1 Å². The summed E-state index contributed by atoms with van der Waals surface area (Å²) in [5.74, 6) is 0.148. The van der Waals surface area contributed by atoms with Crippen LogP contribution >= 0.6 is 0 Å². The lowest BCUT2D eigenvalue weighted by Gasteiger charge is -2.07. The maximum atomic E-state index is 12.2. The van der Waals surface area contributed by atoms with E-state index in [1.807, 2.05) is 0 Å². The van der Waals surface area contributed by atoms with Gasteiger partial charge >= 0.3 is 7.32 Å². The molecular weight excluding hydrogens is 162 g/mol. The van der Waals surface area contributed by atoms with Crippen molar-refractivity contribution in [2.45, 2.75) is 6.67 Å². The average molecular weight is 170 g/mol. The minimum Gasteiger partial charge on any atom is -0.512 e. The van der Waals surface area contributed by atoms with Crippen LogP contribution in [-0.4, -0.2) is 17.4 Å². The predicted octanol–water partition coefficient (Wildman–Crippen LogP) is 0.504. The van der Waals surface area contributed by atoms with Crippen molar-refractivity contribution in [2.24, 2.45) is 0 Å². The summed E-state index contributed by atoms with van der Waals surface area (Å²) >= 11 is 0. The second-order valence-corrected chi connectivity index (χ2v) is 2.19. The minimum atomic E-state index is -1.90. The van der Waals surface area contributed by atoms with Crippen LogP contribution in [0.2, 0.25) is 0 Å². The molecule has 1 aromatic carbocycles. The lowest BCUT2D eigenvalue weighted by atomic mass is 10.2. The van der Waals surface area contributed by atoms with Gasteiger partial charge in [-0.15, -0.1) is 0 Å². The van der Waals surface area contributed by atoms with Gasteiger partial charge in [-0.3, -0.25) is 0 Å². The van der Waals surface area contributed by atoms with Gasteiger partial charge in [0.25, 0.3) is 0 Å². The number of para-hydroxylation sites is 1. The molecule has 0 bridgehead atoms. The summed E-state index contributed by atoms with van der Waals surface area (Å²) in [4.78, 5) is 0. The monoisotopic (exact) mass is 170 g/mol. The van der Waals surface area contributed by atoms with Crippen LogP contribution in [-0.2, 0) is 6.67 Å². The van der Waals surface area contributed by atoms with Crippen molar-refractivity contribution in [3.8, 4) is 5.75 Å². The lowest BCUT2D eigenvalue weighted by molar-refractivity contribution is 0.285. The Kier molecular flexibility index (Phi) is 3.07. The van der Waals surface area contributed by atoms with Crippen LogP contribution < -0.4 is 4.65 Å². The van der Waals surface area contributed by atoms with E-state index in [-0.39, 0.29) is 5.75 Å². The summed E-state index contributed by atoms with van der Waals surface area (Å²) in [5.41, 5.74) is 0.297. The quantitative estimate of drug-likeness (QED) is 0.649. The lowest BCUT2D eigenvalue weighted by Crippen LogP contribution is -2.21. The van der Waals surface area contributed by atoms with Gasteiger partial charge in [-0.1, -0.05) is 18.2 Å². The molecule has 0 spiro atoms. The molecule has 12 heavy (non-hydrogen) atoms. The first-order chi connectivity index (χ1) is 5.74. The third kappa shape index (κ3) is 2.22. The zero-order valence-electron chi connectivity index (χ0n) is 6.27. The van der Waals surface area contributed by atoms with Crippen LogP contribution in [0.3, 0.4) is 0 Å². The Hall–Kier alpha value is -1.07. The van der Waals surface area contributed by atoms with Crippen LogP contribution in [0.1, 0.15) is 5.56 Å². The molecule has 0 saturated heterocycles. The SMILES string of the molecule is OB(O)Oc1ccccc1CF. The highest BCUT2D eigenvalue weighted by Crippen LogP contribution is 2.18. The maximum absolute atomic E-state index is 12.2. The molecule has 5 heteroatoms. The Balaban J connectivity index is 2.82. The molecule has 0 fully saturated rings. The molecule has 2 N–H and O–H groups in total. The number of alkyl halides is 1.